The van der Waals surface area contributed by atoms with Crippen LogP contribution in [0.1, 0.15) is 34.1 Å². The minimum absolute atomic E-state index is 0.0988. The lowest BCUT2D eigenvalue weighted by atomic mass is 9.92. The van der Waals surface area contributed by atoms with Gasteiger partial charge in [-0.25, -0.2) is 4.79 Å². The zero-order valence-electron chi connectivity index (χ0n) is 15.3. The molecule has 2 rings (SSSR count). The monoisotopic (exact) mass is 333 g/mol. The van der Waals surface area contributed by atoms with Crippen molar-refractivity contribution >= 4 is 11.7 Å². The predicted molar refractivity (Wildman–Crippen MR) is 98.6 cm³/mol. The van der Waals surface area contributed by atoms with E-state index < -0.39 is 0 Å². The Balaban J connectivity index is 1.83. The molecule has 1 aromatic carbocycles. The molecule has 0 radical (unpaired) electrons. The van der Waals surface area contributed by atoms with Gasteiger partial charge in [0.15, 0.2) is 0 Å². The molecule has 0 unspecified atom stereocenters. The van der Waals surface area contributed by atoms with Crippen LogP contribution in [0.25, 0.3) is 0 Å². The van der Waals surface area contributed by atoms with Gasteiger partial charge < -0.3 is 20.3 Å². The highest BCUT2D eigenvalue weighted by atomic mass is 16.5. The molecule has 5 nitrogen and oxygen atoms in total. The second-order valence-corrected chi connectivity index (χ2v) is 7.09. The van der Waals surface area contributed by atoms with Crippen molar-refractivity contribution in [3.05, 3.63) is 24.3 Å². The molecule has 5 heteroatoms. The molecule has 2 N–H and O–H groups in total. The maximum Gasteiger partial charge on any atom is 0.319 e. The van der Waals surface area contributed by atoms with Crippen LogP contribution in [-0.2, 0) is 0 Å². The van der Waals surface area contributed by atoms with E-state index in [2.05, 4.69) is 36.3 Å². The first kappa shape index (κ1) is 18.6. The summed E-state index contributed by atoms with van der Waals surface area (Å²) in [5.74, 6) is 2.15. The maximum absolute atomic E-state index is 12.3. The lowest BCUT2D eigenvalue weighted by Crippen LogP contribution is -2.47. The highest BCUT2D eigenvalue weighted by Gasteiger charge is 2.23. The highest BCUT2D eigenvalue weighted by Crippen LogP contribution is 2.23. The van der Waals surface area contributed by atoms with E-state index in [1.54, 1.807) is 0 Å². The lowest BCUT2D eigenvalue weighted by Gasteiger charge is -2.36. The molecule has 1 fully saturated rings. The van der Waals surface area contributed by atoms with Crippen molar-refractivity contribution in [1.29, 1.82) is 0 Å². The van der Waals surface area contributed by atoms with Gasteiger partial charge in [0.05, 0.1) is 12.3 Å². The van der Waals surface area contributed by atoms with Gasteiger partial charge in [-0.05, 0) is 44.2 Å². The number of piperidine rings is 1. The molecule has 0 aliphatic carbocycles. The summed E-state index contributed by atoms with van der Waals surface area (Å²) >= 11 is 0. The quantitative estimate of drug-likeness (QED) is 0.837. The second-order valence-electron chi connectivity index (χ2n) is 7.09. The molecular formula is C19H31N3O2. The van der Waals surface area contributed by atoms with Gasteiger partial charge in [-0.15, -0.1) is 0 Å². The number of urea groups is 1. The third-order valence-corrected chi connectivity index (χ3v) is 4.29. The Morgan fingerprint density at radius 2 is 1.96 bits per heavy atom. The number of nitrogens with one attached hydrogen (secondary N) is 2. The molecule has 0 aromatic heterocycles. The summed E-state index contributed by atoms with van der Waals surface area (Å²) in [5, 5.41) is 5.91. The number of anilines is 1. The van der Waals surface area contributed by atoms with Gasteiger partial charge >= 0.3 is 6.03 Å². The van der Waals surface area contributed by atoms with Gasteiger partial charge in [0.25, 0.3) is 0 Å². The Bertz CT molecular complexity index is 525. The van der Waals surface area contributed by atoms with Crippen molar-refractivity contribution in [2.75, 3.05) is 31.6 Å². The van der Waals surface area contributed by atoms with Crippen molar-refractivity contribution in [3.8, 4) is 5.75 Å². The number of likely N-dealkylation sites (tertiary alicyclic amines) is 1. The van der Waals surface area contributed by atoms with Crippen LogP contribution in [0.3, 0.4) is 0 Å². The van der Waals surface area contributed by atoms with E-state index in [-0.39, 0.29) is 12.1 Å². The average Bonchev–Trinajstić information content (AvgIpc) is 2.48. The van der Waals surface area contributed by atoms with Crippen molar-refractivity contribution in [2.24, 2.45) is 11.8 Å². The minimum Gasteiger partial charge on any atom is -0.492 e. The summed E-state index contributed by atoms with van der Waals surface area (Å²) in [5.41, 5.74) is 0.698. The molecule has 1 aliphatic heterocycles. The molecule has 3 atom stereocenters. The molecule has 24 heavy (non-hydrogen) atoms. The van der Waals surface area contributed by atoms with Gasteiger partial charge in [-0.2, -0.15) is 0 Å². The van der Waals surface area contributed by atoms with Crippen LogP contribution in [0.15, 0.2) is 24.3 Å². The predicted octanol–water partition coefficient (Wildman–Crippen LogP) is 3.57. The Kier molecular flexibility index (Phi) is 6.91. The van der Waals surface area contributed by atoms with Crippen molar-refractivity contribution in [2.45, 2.75) is 40.2 Å². The van der Waals surface area contributed by atoms with Crippen LogP contribution in [0, 0.1) is 11.8 Å². The second kappa shape index (κ2) is 8.92. The summed E-state index contributed by atoms with van der Waals surface area (Å²) in [6, 6.07) is 7.41. The van der Waals surface area contributed by atoms with Gasteiger partial charge in [0.1, 0.15) is 5.75 Å². The Hall–Kier alpha value is -1.75. The van der Waals surface area contributed by atoms with E-state index >= 15 is 0 Å². The Morgan fingerprint density at radius 1 is 1.29 bits per heavy atom. The van der Waals surface area contributed by atoms with Crippen LogP contribution in [0.2, 0.25) is 0 Å². The number of para-hydroxylation sites is 2. The zero-order valence-corrected chi connectivity index (χ0v) is 15.3. The zero-order chi connectivity index (χ0) is 17.5. The summed E-state index contributed by atoms with van der Waals surface area (Å²) in [6.07, 6.45) is 1.30. The van der Waals surface area contributed by atoms with Gasteiger partial charge in [-0.1, -0.05) is 26.0 Å². The van der Waals surface area contributed by atoms with Gasteiger partial charge in [-0.3, -0.25) is 0 Å². The molecule has 0 bridgehead atoms. The molecule has 2 amide bonds. The third-order valence-electron chi connectivity index (χ3n) is 4.29. The van der Waals surface area contributed by atoms with Crippen LogP contribution < -0.4 is 15.4 Å². The number of carbonyl (C=O) groups excluding carboxylic acids is 1. The topological polar surface area (TPSA) is 53.6 Å². The normalized spacial score (nSPS) is 22.7. The Morgan fingerprint density at radius 3 is 2.62 bits per heavy atom. The largest absolute Gasteiger partial charge is 0.492 e. The summed E-state index contributed by atoms with van der Waals surface area (Å²) < 4.78 is 5.54. The molecule has 1 heterocycles. The number of benzene rings is 1. The summed E-state index contributed by atoms with van der Waals surface area (Å²) in [6.45, 7) is 12.3. The number of hydrogen-bond donors (Lipinski definition) is 2. The molecule has 0 saturated carbocycles. The van der Waals surface area contributed by atoms with Crippen LogP contribution in [0.5, 0.6) is 5.75 Å². The number of rotatable bonds is 6. The number of ether oxygens (including phenoxy) is 1. The fourth-order valence-corrected chi connectivity index (χ4v) is 3.61. The molecular weight excluding hydrogens is 302 g/mol. The van der Waals surface area contributed by atoms with E-state index in [9.17, 15) is 4.79 Å². The Labute approximate surface area is 145 Å². The summed E-state index contributed by atoms with van der Waals surface area (Å²) in [4.78, 5) is 14.7. The average molecular weight is 333 g/mol. The molecule has 1 aliphatic rings. The summed E-state index contributed by atoms with van der Waals surface area (Å²) in [7, 11) is 0. The number of nitrogens with zero attached hydrogens (tertiary/aromatic N) is 1. The lowest BCUT2D eigenvalue weighted by molar-refractivity contribution is 0.132. The fraction of sp³-hybridized carbons (Fsp3) is 0.632. The van der Waals surface area contributed by atoms with E-state index in [4.69, 9.17) is 4.74 Å². The standard InChI is InChI=1S/C19H31N3O2/c1-5-24-18-9-7-6-8-17(18)21-19(23)20-16(4)13-22-11-14(2)10-15(3)12-22/h6-9,14-16H,5,10-13H2,1-4H3,(H2,20,21,23)/t14-,15+,16-/m1/s1. The fourth-order valence-electron chi connectivity index (χ4n) is 3.61. The van der Waals surface area contributed by atoms with E-state index in [0.717, 1.165) is 31.5 Å². The number of carbonyl (C=O) groups is 1. The van der Waals surface area contributed by atoms with Crippen LogP contribution >= 0.6 is 0 Å². The smallest absolute Gasteiger partial charge is 0.319 e. The first-order chi connectivity index (χ1) is 11.5. The first-order valence-electron chi connectivity index (χ1n) is 8.99. The minimum atomic E-state index is -0.187. The van der Waals surface area contributed by atoms with E-state index in [0.29, 0.717) is 18.0 Å². The molecule has 1 saturated heterocycles. The van der Waals surface area contributed by atoms with Crippen LogP contribution in [-0.4, -0.2) is 43.2 Å². The van der Waals surface area contributed by atoms with Gasteiger partial charge in [0.2, 0.25) is 0 Å². The van der Waals surface area contributed by atoms with Crippen molar-refractivity contribution < 1.29 is 9.53 Å². The molecule has 0 spiro atoms. The van der Waals surface area contributed by atoms with Gasteiger partial charge in [0, 0.05) is 25.7 Å². The highest BCUT2D eigenvalue weighted by molar-refractivity contribution is 5.91. The first-order valence-corrected chi connectivity index (χ1v) is 8.99. The SMILES string of the molecule is CCOc1ccccc1NC(=O)N[C@H](C)CN1C[C@H](C)C[C@H](C)C1. The molecule has 134 valence electrons. The third kappa shape index (κ3) is 5.71. The van der Waals surface area contributed by atoms with Crippen LogP contribution in [0.4, 0.5) is 10.5 Å². The van der Waals surface area contributed by atoms with E-state index in [1.807, 2.05) is 31.2 Å². The maximum atomic E-state index is 12.3. The number of amides is 2. The molecule has 1 aromatic rings. The van der Waals surface area contributed by atoms with E-state index in [1.165, 1.54) is 6.42 Å². The van der Waals surface area contributed by atoms with Crippen molar-refractivity contribution in [3.63, 3.8) is 0 Å². The number of hydrogen-bond acceptors (Lipinski definition) is 3. The van der Waals surface area contributed by atoms with Crippen molar-refractivity contribution in [1.82, 2.24) is 10.2 Å².